The van der Waals surface area contributed by atoms with Crippen LogP contribution in [0.15, 0.2) is 42.7 Å². The van der Waals surface area contributed by atoms with Gasteiger partial charge in [0.1, 0.15) is 0 Å². The van der Waals surface area contributed by atoms with Gasteiger partial charge in [-0.15, -0.1) is 0 Å². The molecule has 0 radical (unpaired) electrons. The SMILES string of the molecule is Cn1ccnc1C(=O)Nc1ccccc1. The van der Waals surface area contributed by atoms with E-state index in [1.54, 1.807) is 24.0 Å². The third-order valence-corrected chi connectivity index (χ3v) is 2.06. The summed E-state index contributed by atoms with van der Waals surface area (Å²) in [5.41, 5.74) is 0.769. The number of rotatable bonds is 2. The predicted molar refractivity (Wildman–Crippen MR) is 57.6 cm³/mol. The van der Waals surface area contributed by atoms with Crippen LogP contribution in [-0.4, -0.2) is 15.5 Å². The Bertz CT molecular complexity index is 462. The fraction of sp³-hybridized carbons (Fsp3) is 0.0909. The summed E-state index contributed by atoms with van der Waals surface area (Å²) in [5.74, 6) is 0.201. The molecule has 15 heavy (non-hydrogen) atoms. The molecule has 4 heteroatoms. The molecule has 76 valence electrons. The highest BCUT2D eigenvalue weighted by atomic mass is 16.2. The Balaban J connectivity index is 2.15. The van der Waals surface area contributed by atoms with E-state index in [2.05, 4.69) is 10.3 Å². The maximum absolute atomic E-state index is 11.7. The maximum atomic E-state index is 11.7. The van der Waals surface area contributed by atoms with Crippen molar-refractivity contribution in [3.05, 3.63) is 48.5 Å². The average Bonchev–Trinajstić information content (AvgIpc) is 2.66. The second kappa shape index (κ2) is 3.96. The molecule has 0 atom stereocenters. The molecule has 0 bridgehead atoms. The maximum Gasteiger partial charge on any atom is 0.291 e. The second-order valence-electron chi connectivity index (χ2n) is 3.18. The lowest BCUT2D eigenvalue weighted by molar-refractivity contribution is 0.101. The number of hydrogen-bond donors (Lipinski definition) is 1. The number of anilines is 1. The molecule has 1 aromatic carbocycles. The van der Waals surface area contributed by atoms with Crippen LogP contribution in [-0.2, 0) is 7.05 Å². The van der Waals surface area contributed by atoms with Gasteiger partial charge in [0.25, 0.3) is 5.91 Å². The van der Waals surface area contributed by atoms with E-state index in [0.717, 1.165) is 5.69 Å². The van der Waals surface area contributed by atoms with Gasteiger partial charge in [-0.05, 0) is 12.1 Å². The van der Waals surface area contributed by atoms with Crippen LogP contribution in [0, 0.1) is 0 Å². The van der Waals surface area contributed by atoms with Crippen LogP contribution in [0.3, 0.4) is 0 Å². The normalized spacial score (nSPS) is 9.93. The van der Waals surface area contributed by atoms with E-state index < -0.39 is 0 Å². The van der Waals surface area contributed by atoms with Crippen LogP contribution in [0.4, 0.5) is 5.69 Å². The smallest absolute Gasteiger partial charge is 0.291 e. The second-order valence-corrected chi connectivity index (χ2v) is 3.18. The Morgan fingerprint density at radius 2 is 2.07 bits per heavy atom. The van der Waals surface area contributed by atoms with E-state index in [4.69, 9.17) is 0 Å². The Labute approximate surface area is 87.6 Å². The molecule has 1 heterocycles. The summed E-state index contributed by atoms with van der Waals surface area (Å²) in [4.78, 5) is 15.7. The molecule has 0 unspecified atom stereocenters. The summed E-state index contributed by atoms with van der Waals surface area (Å²) < 4.78 is 1.68. The molecule has 1 N–H and O–H groups in total. The van der Waals surface area contributed by atoms with Crippen LogP contribution >= 0.6 is 0 Å². The zero-order valence-corrected chi connectivity index (χ0v) is 8.34. The predicted octanol–water partition coefficient (Wildman–Crippen LogP) is 1.67. The third-order valence-electron chi connectivity index (χ3n) is 2.06. The molecule has 0 saturated heterocycles. The van der Waals surface area contributed by atoms with Crippen molar-refractivity contribution in [1.29, 1.82) is 0 Å². The first-order valence-corrected chi connectivity index (χ1v) is 4.61. The van der Waals surface area contributed by atoms with Crippen LogP contribution in [0.2, 0.25) is 0 Å². The number of hydrogen-bond acceptors (Lipinski definition) is 2. The number of carbonyl (C=O) groups excluding carboxylic acids is 1. The number of imidazole rings is 1. The molecule has 1 amide bonds. The summed E-state index contributed by atoms with van der Waals surface area (Å²) in [7, 11) is 1.78. The zero-order chi connectivity index (χ0) is 10.7. The lowest BCUT2D eigenvalue weighted by Gasteiger charge is -2.04. The van der Waals surface area contributed by atoms with Gasteiger partial charge >= 0.3 is 0 Å². The van der Waals surface area contributed by atoms with Crippen molar-refractivity contribution in [3.8, 4) is 0 Å². The van der Waals surface area contributed by atoms with Crippen molar-refractivity contribution in [1.82, 2.24) is 9.55 Å². The third kappa shape index (κ3) is 2.04. The molecule has 2 rings (SSSR count). The summed E-state index contributed by atoms with van der Waals surface area (Å²) >= 11 is 0. The number of aromatic nitrogens is 2. The first-order chi connectivity index (χ1) is 7.27. The van der Waals surface area contributed by atoms with Crippen molar-refractivity contribution in [2.45, 2.75) is 0 Å². The molecule has 0 aliphatic carbocycles. The van der Waals surface area contributed by atoms with Gasteiger partial charge in [0, 0.05) is 25.1 Å². The van der Waals surface area contributed by atoms with E-state index >= 15 is 0 Å². The number of nitrogens with zero attached hydrogens (tertiary/aromatic N) is 2. The van der Waals surface area contributed by atoms with Crippen LogP contribution < -0.4 is 5.32 Å². The summed E-state index contributed by atoms with van der Waals surface area (Å²) in [6, 6.07) is 9.31. The van der Waals surface area contributed by atoms with Gasteiger partial charge in [-0.2, -0.15) is 0 Å². The van der Waals surface area contributed by atoms with Gasteiger partial charge < -0.3 is 9.88 Å². The van der Waals surface area contributed by atoms with Crippen molar-refractivity contribution in [2.75, 3.05) is 5.32 Å². The molecule has 0 aliphatic heterocycles. The van der Waals surface area contributed by atoms with Gasteiger partial charge in [0.15, 0.2) is 5.82 Å². The topological polar surface area (TPSA) is 46.9 Å². The fourth-order valence-electron chi connectivity index (χ4n) is 1.29. The number of aryl methyl sites for hydroxylation is 1. The van der Waals surface area contributed by atoms with Crippen LogP contribution in [0.1, 0.15) is 10.6 Å². The summed E-state index contributed by atoms with van der Waals surface area (Å²) in [6.45, 7) is 0. The molecule has 0 fully saturated rings. The number of amides is 1. The quantitative estimate of drug-likeness (QED) is 0.803. The van der Waals surface area contributed by atoms with E-state index in [1.807, 2.05) is 30.3 Å². The van der Waals surface area contributed by atoms with Gasteiger partial charge in [-0.3, -0.25) is 4.79 Å². The van der Waals surface area contributed by atoms with Gasteiger partial charge in [0.05, 0.1) is 0 Å². The first-order valence-electron chi connectivity index (χ1n) is 4.61. The number of benzene rings is 1. The Morgan fingerprint density at radius 3 is 2.67 bits per heavy atom. The molecule has 4 nitrogen and oxygen atoms in total. The van der Waals surface area contributed by atoms with Crippen LogP contribution in [0.25, 0.3) is 0 Å². The Morgan fingerprint density at radius 1 is 1.33 bits per heavy atom. The average molecular weight is 201 g/mol. The standard InChI is InChI=1S/C11H11N3O/c1-14-8-7-12-10(14)11(15)13-9-5-3-2-4-6-9/h2-8H,1H3,(H,13,15). The number of nitrogens with one attached hydrogen (secondary N) is 1. The molecular weight excluding hydrogens is 190 g/mol. The Kier molecular flexibility index (Phi) is 2.49. The van der Waals surface area contributed by atoms with E-state index in [0.29, 0.717) is 5.82 Å². The minimum atomic E-state index is -0.200. The highest BCUT2D eigenvalue weighted by Crippen LogP contribution is 2.06. The van der Waals surface area contributed by atoms with Gasteiger partial charge in [-0.1, -0.05) is 18.2 Å². The number of carbonyl (C=O) groups is 1. The van der Waals surface area contributed by atoms with Gasteiger partial charge in [0.2, 0.25) is 0 Å². The van der Waals surface area contributed by atoms with E-state index in [-0.39, 0.29) is 5.91 Å². The van der Waals surface area contributed by atoms with Crippen LogP contribution in [0.5, 0.6) is 0 Å². The minimum Gasteiger partial charge on any atom is -0.330 e. The number of para-hydroxylation sites is 1. The summed E-state index contributed by atoms with van der Waals surface area (Å²) in [6.07, 6.45) is 3.33. The lowest BCUT2D eigenvalue weighted by Crippen LogP contribution is -2.16. The van der Waals surface area contributed by atoms with Gasteiger partial charge in [-0.25, -0.2) is 4.98 Å². The van der Waals surface area contributed by atoms with Crippen molar-refractivity contribution in [2.24, 2.45) is 7.05 Å². The summed E-state index contributed by atoms with van der Waals surface area (Å²) in [5, 5.41) is 2.76. The molecule has 1 aromatic heterocycles. The Hall–Kier alpha value is -2.10. The molecule has 0 aliphatic rings. The zero-order valence-electron chi connectivity index (χ0n) is 8.34. The largest absolute Gasteiger partial charge is 0.330 e. The molecule has 0 spiro atoms. The molecular formula is C11H11N3O. The van der Waals surface area contributed by atoms with Crippen molar-refractivity contribution in [3.63, 3.8) is 0 Å². The lowest BCUT2D eigenvalue weighted by atomic mass is 10.3. The highest BCUT2D eigenvalue weighted by molar-refractivity contribution is 6.01. The first kappa shape index (κ1) is 9.45. The molecule has 0 saturated carbocycles. The van der Waals surface area contributed by atoms with Crippen molar-refractivity contribution >= 4 is 11.6 Å². The van der Waals surface area contributed by atoms with E-state index in [9.17, 15) is 4.79 Å². The molecule has 2 aromatic rings. The monoisotopic (exact) mass is 201 g/mol. The highest BCUT2D eigenvalue weighted by Gasteiger charge is 2.09. The van der Waals surface area contributed by atoms with E-state index in [1.165, 1.54) is 0 Å². The fourth-order valence-corrected chi connectivity index (χ4v) is 1.29. The minimum absolute atomic E-state index is 0.200. The van der Waals surface area contributed by atoms with Crippen molar-refractivity contribution < 1.29 is 4.79 Å².